The topological polar surface area (TPSA) is 0 Å². The van der Waals surface area contributed by atoms with Crippen LogP contribution in [0.1, 0.15) is 45.4 Å². The van der Waals surface area contributed by atoms with Crippen molar-refractivity contribution in [3.05, 3.63) is 12.7 Å². The average molecular weight is 152 g/mol. The third-order valence-electron chi connectivity index (χ3n) is 2.91. The van der Waals surface area contributed by atoms with Gasteiger partial charge in [0.25, 0.3) is 0 Å². The molecule has 11 heavy (non-hydrogen) atoms. The number of allylic oxidation sites excluding steroid dienone is 1. The molecule has 0 heterocycles. The van der Waals surface area contributed by atoms with Crippen molar-refractivity contribution in [1.82, 2.24) is 0 Å². The Kier molecular flexibility index (Phi) is 3.68. The van der Waals surface area contributed by atoms with E-state index in [0.717, 1.165) is 11.8 Å². The van der Waals surface area contributed by atoms with Crippen molar-refractivity contribution < 1.29 is 0 Å². The third kappa shape index (κ3) is 3.09. The van der Waals surface area contributed by atoms with E-state index in [2.05, 4.69) is 19.6 Å². The van der Waals surface area contributed by atoms with E-state index in [4.69, 9.17) is 0 Å². The fourth-order valence-corrected chi connectivity index (χ4v) is 1.92. The van der Waals surface area contributed by atoms with E-state index in [1.54, 1.807) is 0 Å². The molecule has 0 bridgehead atoms. The van der Waals surface area contributed by atoms with Gasteiger partial charge in [0.05, 0.1) is 0 Å². The molecular weight excluding hydrogens is 132 g/mol. The Hall–Kier alpha value is -0.260. The van der Waals surface area contributed by atoms with Gasteiger partial charge in [0.15, 0.2) is 0 Å². The Morgan fingerprint density at radius 2 is 2.09 bits per heavy atom. The van der Waals surface area contributed by atoms with Crippen molar-refractivity contribution in [2.24, 2.45) is 11.8 Å². The maximum absolute atomic E-state index is 3.81. The molecule has 64 valence electrons. The Balaban J connectivity index is 2.06. The molecule has 1 atom stereocenters. The van der Waals surface area contributed by atoms with Crippen LogP contribution in [0.3, 0.4) is 0 Å². The second kappa shape index (κ2) is 4.58. The highest BCUT2D eigenvalue weighted by atomic mass is 14.2. The predicted octanol–water partition coefficient (Wildman–Crippen LogP) is 3.78. The summed E-state index contributed by atoms with van der Waals surface area (Å²) in [7, 11) is 0. The Morgan fingerprint density at radius 1 is 1.45 bits per heavy atom. The fourth-order valence-electron chi connectivity index (χ4n) is 1.92. The zero-order valence-corrected chi connectivity index (χ0v) is 7.68. The van der Waals surface area contributed by atoms with Crippen LogP contribution in [0.15, 0.2) is 12.7 Å². The highest BCUT2D eigenvalue weighted by molar-refractivity contribution is 4.77. The highest BCUT2D eigenvalue weighted by Crippen LogP contribution is 2.29. The zero-order valence-electron chi connectivity index (χ0n) is 7.68. The molecular formula is C11H20. The molecule has 1 saturated carbocycles. The molecule has 0 aromatic carbocycles. The van der Waals surface area contributed by atoms with Gasteiger partial charge in [-0.1, -0.05) is 38.7 Å². The summed E-state index contributed by atoms with van der Waals surface area (Å²) >= 11 is 0. The van der Waals surface area contributed by atoms with Crippen molar-refractivity contribution in [3.63, 3.8) is 0 Å². The second-order valence-corrected chi connectivity index (χ2v) is 3.94. The molecule has 0 saturated heterocycles. The van der Waals surface area contributed by atoms with Crippen molar-refractivity contribution in [2.45, 2.75) is 45.4 Å². The summed E-state index contributed by atoms with van der Waals surface area (Å²) in [5.41, 5.74) is 0. The third-order valence-corrected chi connectivity index (χ3v) is 2.91. The molecule has 0 nitrogen and oxygen atoms in total. The van der Waals surface area contributed by atoms with Crippen LogP contribution in [0.5, 0.6) is 0 Å². The van der Waals surface area contributed by atoms with Gasteiger partial charge < -0.3 is 0 Å². The lowest BCUT2D eigenvalue weighted by molar-refractivity contribution is 0.450. The van der Waals surface area contributed by atoms with Crippen LogP contribution in [0.4, 0.5) is 0 Å². The number of hydrogen-bond acceptors (Lipinski definition) is 0. The van der Waals surface area contributed by atoms with E-state index in [-0.39, 0.29) is 0 Å². The Labute approximate surface area is 70.7 Å². The van der Waals surface area contributed by atoms with Crippen molar-refractivity contribution >= 4 is 0 Å². The van der Waals surface area contributed by atoms with Gasteiger partial charge in [-0.25, -0.2) is 0 Å². The van der Waals surface area contributed by atoms with Gasteiger partial charge in [0, 0.05) is 0 Å². The molecule has 0 radical (unpaired) electrons. The molecule has 1 fully saturated rings. The minimum atomic E-state index is 0.732. The number of hydrogen-bond donors (Lipinski definition) is 0. The predicted molar refractivity (Wildman–Crippen MR) is 50.6 cm³/mol. The summed E-state index contributed by atoms with van der Waals surface area (Å²) < 4.78 is 0. The minimum Gasteiger partial charge on any atom is -0.103 e. The molecule has 0 heteroatoms. The van der Waals surface area contributed by atoms with E-state index in [1.165, 1.54) is 38.5 Å². The fraction of sp³-hybridized carbons (Fsp3) is 0.818. The molecule has 1 rings (SSSR count). The van der Waals surface area contributed by atoms with Crippen LogP contribution in [-0.4, -0.2) is 0 Å². The number of rotatable bonds is 4. The molecule has 0 N–H and O–H groups in total. The van der Waals surface area contributed by atoms with Gasteiger partial charge >= 0.3 is 0 Å². The largest absolute Gasteiger partial charge is 0.103 e. The minimum absolute atomic E-state index is 0.732. The van der Waals surface area contributed by atoms with Gasteiger partial charge in [0.2, 0.25) is 0 Å². The molecule has 0 aliphatic heterocycles. The maximum Gasteiger partial charge on any atom is -0.0265 e. The highest BCUT2D eigenvalue weighted by Gasteiger charge is 2.14. The van der Waals surface area contributed by atoms with Crippen LogP contribution in [0.25, 0.3) is 0 Å². The second-order valence-electron chi connectivity index (χ2n) is 3.94. The van der Waals surface area contributed by atoms with Gasteiger partial charge in [-0.3, -0.25) is 0 Å². The molecule has 0 aromatic heterocycles. The lowest BCUT2D eigenvalue weighted by Gasteiger charge is -2.10. The van der Waals surface area contributed by atoms with Crippen molar-refractivity contribution in [1.29, 1.82) is 0 Å². The van der Waals surface area contributed by atoms with E-state index in [9.17, 15) is 0 Å². The lowest BCUT2D eigenvalue weighted by atomic mass is 9.96. The average Bonchev–Trinajstić information content (AvgIpc) is 2.52. The van der Waals surface area contributed by atoms with Crippen LogP contribution >= 0.6 is 0 Å². The molecule has 0 spiro atoms. The summed E-state index contributed by atoms with van der Waals surface area (Å²) in [6.07, 6.45) is 10.8. The van der Waals surface area contributed by atoms with E-state index in [1.807, 2.05) is 0 Å². The van der Waals surface area contributed by atoms with Gasteiger partial charge in [0.1, 0.15) is 0 Å². The normalized spacial score (nSPS) is 21.9. The summed E-state index contributed by atoms with van der Waals surface area (Å²) in [4.78, 5) is 0. The summed E-state index contributed by atoms with van der Waals surface area (Å²) in [6, 6.07) is 0. The van der Waals surface area contributed by atoms with Gasteiger partial charge in [-0.05, 0) is 24.7 Å². The van der Waals surface area contributed by atoms with E-state index < -0.39 is 0 Å². The molecule has 0 aromatic rings. The van der Waals surface area contributed by atoms with E-state index >= 15 is 0 Å². The quantitative estimate of drug-likeness (QED) is 0.538. The van der Waals surface area contributed by atoms with Crippen LogP contribution < -0.4 is 0 Å². The first-order chi connectivity index (χ1) is 5.33. The van der Waals surface area contributed by atoms with E-state index in [0.29, 0.717) is 0 Å². The van der Waals surface area contributed by atoms with Crippen LogP contribution in [0, 0.1) is 11.8 Å². The summed E-state index contributed by atoms with van der Waals surface area (Å²) in [5, 5.41) is 0. The van der Waals surface area contributed by atoms with Gasteiger partial charge in [-0.15, -0.1) is 6.58 Å². The molecule has 1 aliphatic carbocycles. The summed E-state index contributed by atoms with van der Waals surface area (Å²) in [6.45, 7) is 6.07. The standard InChI is InChI=1S/C11H20/c1-3-10(2)8-9-11-6-4-5-7-11/h3,10-11H,1,4-9H2,2H3. The first-order valence-corrected chi connectivity index (χ1v) is 4.95. The molecule has 1 unspecified atom stereocenters. The monoisotopic (exact) mass is 152 g/mol. The maximum atomic E-state index is 3.81. The zero-order chi connectivity index (χ0) is 8.10. The van der Waals surface area contributed by atoms with Gasteiger partial charge in [-0.2, -0.15) is 0 Å². The molecule has 0 amide bonds. The lowest BCUT2D eigenvalue weighted by Crippen LogP contribution is -1.97. The SMILES string of the molecule is C=CC(C)CCC1CCCC1. The van der Waals surface area contributed by atoms with Crippen LogP contribution in [-0.2, 0) is 0 Å². The van der Waals surface area contributed by atoms with Crippen molar-refractivity contribution in [2.75, 3.05) is 0 Å². The first kappa shape index (κ1) is 8.83. The van der Waals surface area contributed by atoms with Crippen molar-refractivity contribution in [3.8, 4) is 0 Å². The van der Waals surface area contributed by atoms with Crippen LogP contribution in [0.2, 0.25) is 0 Å². The first-order valence-electron chi connectivity index (χ1n) is 4.95. The summed E-state index contributed by atoms with van der Waals surface area (Å²) in [5.74, 6) is 1.79. The Bertz CT molecular complexity index is 109. The molecule has 1 aliphatic rings. The smallest absolute Gasteiger partial charge is 0.0265 e. The Morgan fingerprint density at radius 3 is 2.64 bits per heavy atom.